The lowest BCUT2D eigenvalue weighted by atomic mass is 9.81. The van der Waals surface area contributed by atoms with E-state index in [1.807, 2.05) is 0 Å². The molecule has 0 fully saturated rings. The van der Waals surface area contributed by atoms with E-state index >= 15 is 0 Å². The second-order valence-electron chi connectivity index (χ2n) is 8.83. The first kappa shape index (κ1) is 28.7. The van der Waals surface area contributed by atoms with Gasteiger partial charge in [0.2, 0.25) is 0 Å². The molecule has 0 amide bonds. The number of hydrogen-bond acceptors (Lipinski definition) is 2. The average Bonchev–Trinajstić information content (AvgIpc) is 2.71. The normalized spacial score (nSPS) is 11.9. The Bertz CT molecular complexity index is 442. The van der Waals surface area contributed by atoms with Crippen molar-refractivity contribution < 1.29 is 19.8 Å². The van der Waals surface area contributed by atoms with Gasteiger partial charge >= 0.3 is 11.9 Å². The average molecular weight is 425 g/mol. The molecule has 0 rings (SSSR count). The van der Waals surface area contributed by atoms with Crippen molar-refractivity contribution in [3.63, 3.8) is 0 Å². The number of carbonyl (C=O) groups is 2. The third kappa shape index (κ3) is 13.8. The van der Waals surface area contributed by atoms with E-state index in [0.717, 1.165) is 38.5 Å². The fraction of sp³-hybridized carbons (Fsp3) is 0.846. The molecule has 0 bridgehead atoms. The predicted octanol–water partition coefficient (Wildman–Crippen LogP) is 8.15. The molecule has 2 N–H and O–H groups in total. The highest BCUT2D eigenvalue weighted by Crippen LogP contribution is 2.29. The third-order valence-electron chi connectivity index (χ3n) is 6.06. The molecule has 0 radical (unpaired) electrons. The zero-order valence-electron chi connectivity index (χ0n) is 19.8. The van der Waals surface area contributed by atoms with Gasteiger partial charge in [-0.1, -0.05) is 129 Å². The first-order valence-electron chi connectivity index (χ1n) is 12.7. The van der Waals surface area contributed by atoms with E-state index in [1.54, 1.807) is 6.08 Å². The van der Waals surface area contributed by atoms with E-state index in [2.05, 4.69) is 13.8 Å². The third-order valence-corrected chi connectivity index (χ3v) is 6.06. The minimum atomic E-state index is -1.76. The van der Waals surface area contributed by atoms with Crippen LogP contribution in [0.4, 0.5) is 0 Å². The van der Waals surface area contributed by atoms with Crippen LogP contribution in [0.3, 0.4) is 0 Å². The Labute approximate surface area is 185 Å². The van der Waals surface area contributed by atoms with E-state index in [1.165, 1.54) is 76.7 Å². The molecule has 4 heteroatoms. The maximum Gasteiger partial charge on any atom is 0.324 e. The summed E-state index contributed by atoms with van der Waals surface area (Å²) < 4.78 is 0. The van der Waals surface area contributed by atoms with E-state index in [9.17, 15) is 19.8 Å². The molecule has 0 aromatic heterocycles. The molecule has 0 aliphatic rings. The largest absolute Gasteiger partial charge is 0.480 e. The molecular weight excluding hydrogens is 376 g/mol. The quantitative estimate of drug-likeness (QED) is 0.104. The van der Waals surface area contributed by atoms with Gasteiger partial charge in [-0.2, -0.15) is 0 Å². The fourth-order valence-electron chi connectivity index (χ4n) is 3.93. The van der Waals surface area contributed by atoms with Gasteiger partial charge in [-0.15, -0.1) is 0 Å². The lowest BCUT2D eigenvalue weighted by molar-refractivity contribution is -0.161. The molecule has 4 nitrogen and oxygen atoms in total. The number of rotatable bonds is 22. The molecule has 30 heavy (non-hydrogen) atoms. The topological polar surface area (TPSA) is 74.6 Å². The summed E-state index contributed by atoms with van der Waals surface area (Å²) in [6.45, 7) is 4.43. The predicted molar refractivity (Wildman–Crippen MR) is 126 cm³/mol. The Morgan fingerprint density at radius 2 is 0.967 bits per heavy atom. The van der Waals surface area contributed by atoms with Gasteiger partial charge in [-0.05, 0) is 19.3 Å². The monoisotopic (exact) mass is 424 g/mol. The number of carboxylic acids is 2. The highest BCUT2D eigenvalue weighted by Gasteiger charge is 2.43. The Morgan fingerprint density at radius 3 is 1.37 bits per heavy atom. The van der Waals surface area contributed by atoms with Gasteiger partial charge in [-0.25, -0.2) is 0 Å². The summed E-state index contributed by atoms with van der Waals surface area (Å²) in [5.74, 6) is -2.47. The molecule has 0 heterocycles. The highest BCUT2D eigenvalue weighted by molar-refractivity contribution is 6.00. The molecule has 0 aliphatic carbocycles. The zero-order chi connectivity index (χ0) is 22.5. The van der Waals surface area contributed by atoms with Crippen molar-refractivity contribution in [2.24, 2.45) is 5.41 Å². The van der Waals surface area contributed by atoms with Crippen LogP contribution in [0, 0.1) is 5.41 Å². The van der Waals surface area contributed by atoms with Crippen LogP contribution in [0.2, 0.25) is 0 Å². The van der Waals surface area contributed by atoms with Crippen molar-refractivity contribution in [3.8, 4) is 0 Å². The smallest absolute Gasteiger partial charge is 0.324 e. The van der Waals surface area contributed by atoms with Crippen LogP contribution >= 0.6 is 0 Å². The van der Waals surface area contributed by atoms with Crippen molar-refractivity contribution in [1.82, 2.24) is 0 Å². The number of unbranched alkanes of at least 4 members (excludes halogenated alkanes) is 16. The van der Waals surface area contributed by atoms with Crippen molar-refractivity contribution in [2.75, 3.05) is 0 Å². The van der Waals surface area contributed by atoms with E-state index in [0.29, 0.717) is 6.42 Å². The molecule has 0 unspecified atom stereocenters. The summed E-state index contributed by atoms with van der Waals surface area (Å²) in [4.78, 5) is 23.6. The van der Waals surface area contributed by atoms with Gasteiger partial charge in [-0.3, -0.25) is 9.59 Å². The molecule has 0 aromatic rings. The van der Waals surface area contributed by atoms with Crippen molar-refractivity contribution in [3.05, 3.63) is 12.2 Å². The first-order chi connectivity index (χ1) is 14.5. The van der Waals surface area contributed by atoms with Gasteiger partial charge in [0.1, 0.15) is 0 Å². The summed E-state index contributed by atoms with van der Waals surface area (Å²) in [6, 6.07) is 0. The number of hydrogen-bond donors (Lipinski definition) is 2. The molecule has 0 spiro atoms. The minimum Gasteiger partial charge on any atom is -0.480 e. The van der Waals surface area contributed by atoms with E-state index in [4.69, 9.17) is 0 Å². The number of aliphatic carboxylic acids is 2. The van der Waals surface area contributed by atoms with Gasteiger partial charge in [0, 0.05) is 0 Å². The highest BCUT2D eigenvalue weighted by atomic mass is 16.4. The summed E-state index contributed by atoms with van der Waals surface area (Å²) >= 11 is 0. The fourth-order valence-corrected chi connectivity index (χ4v) is 3.93. The van der Waals surface area contributed by atoms with Crippen LogP contribution in [0.25, 0.3) is 0 Å². The Balaban J connectivity index is 4.18. The lowest BCUT2D eigenvalue weighted by Gasteiger charge is -2.21. The van der Waals surface area contributed by atoms with Crippen LogP contribution in [0.1, 0.15) is 136 Å². The standard InChI is InChI=1S/C26H48O4/c1-3-5-7-9-11-13-15-17-19-21-23-26(24(27)28,25(29)30)22-20-18-16-14-12-10-8-6-4-2/h21,23H,3-20,22H2,1-2H3,(H,27,28)(H,29,30). The Morgan fingerprint density at radius 1 is 0.600 bits per heavy atom. The molecule has 0 saturated carbocycles. The molecule has 176 valence electrons. The summed E-state index contributed by atoms with van der Waals surface area (Å²) in [6.07, 6.45) is 24.1. The molecule has 0 saturated heterocycles. The first-order valence-corrected chi connectivity index (χ1v) is 12.7. The van der Waals surface area contributed by atoms with Crippen molar-refractivity contribution in [1.29, 1.82) is 0 Å². The van der Waals surface area contributed by atoms with E-state index < -0.39 is 17.4 Å². The summed E-state index contributed by atoms with van der Waals surface area (Å²) in [7, 11) is 0. The number of allylic oxidation sites excluding steroid dienone is 1. The second-order valence-corrected chi connectivity index (χ2v) is 8.83. The Kier molecular flexibility index (Phi) is 18.8. The van der Waals surface area contributed by atoms with Gasteiger partial charge in [0.05, 0.1) is 0 Å². The maximum absolute atomic E-state index is 11.8. The van der Waals surface area contributed by atoms with Gasteiger partial charge in [0.15, 0.2) is 5.41 Å². The van der Waals surface area contributed by atoms with Gasteiger partial charge < -0.3 is 10.2 Å². The maximum atomic E-state index is 11.8. The van der Waals surface area contributed by atoms with Crippen LogP contribution in [-0.2, 0) is 9.59 Å². The SMILES string of the molecule is CCCCCCCCCCC=CC(CCCCCCCCCCC)(C(=O)O)C(=O)O. The van der Waals surface area contributed by atoms with Crippen molar-refractivity contribution in [2.45, 2.75) is 136 Å². The molecular formula is C26H48O4. The minimum absolute atomic E-state index is 0.182. The molecule has 0 aromatic carbocycles. The number of carboxylic acid groups (broad SMARTS) is 2. The summed E-state index contributed by atoms with van der Waals surface area (Å²) in [5.41, 5.74) is -1.76. The molecule has 0 aliphatic heterocycles. The summed E-state index contributed by atoms with van der Waals surface area (Å²) in [5, 5.41) is 19.3. The van der Waals surface area contributed by atoms with E-state index in [-0.39, 0.29) is 6.42 Å². The van der Waals surface area contributed by atoms with Crippen LogP contribution in [-0.4, -0.2) is 22.2 Å². The second kappa shape index (κ2) is 19.6. The van der Waals surface area contributed by atoms with Crippen LogP contribution < -0.4 is 0 Å². The molecule has 0 atom stereocenters. The lowest BCUT2D eigenvalue weighted by Crippen LogP contribution is -2.37. The Hall–Kier alpha value is -1.32. The van der Waals surface area contributed by atoms with Crippen molar-refractivity contribution >= 4 is 11.9 Å². The van der Waals surface area contributed by atoms with Crippen LogP contribution in [0.15, 0.2) is 12.2 Å². The zero-order valence-corrected chi connectivity index (χ0v) is 19.8. The van der Waals surface area contributed by atoms with Gasteiger partial charge in [0.25, 0.3) is 0 Å². The van der Waals surface area contributed by atoms with Crippen LogP contribution in [0.5, 0.6) is 0 Å².